The minimum atomic E-state index is -0.0495. The molecule has 0 aliphatic carbocycles. The Morgan fingerprint density at radius 3 is 2.68 bits per heavy atom. The Balaban J connectivity index is 1.63. The number of aryl methyl sites for hydroxylation is 2. The van der Waals surface area contributed by atoms with Gasteiger partial charge in [0.05, 0.1) is 24.4 Å². The van der Waals surface area contributed by atoms with Crippen molar-refractivity contribution in [3.05, 3.63) is 47.5 Å². The Morgan fingerprint density at radius 1 is 1.16 bits per heavy atom. The second-order valence-electron chi connectivity index (χ2n) is 5.68. The van der Waals surface area contributed by atoms with E-state index in [0.717, 1.165) is 21.3 Å². The quantitative estimate of drug-likeness (QED) is 0.719. The zero-order chi connectivity index (χ0) is 17.8. The maximum atomic E-state index is 12.2. The van der Waals surface area contributed by atoms with E-state index in [1.807, 2.05) is 43.3 Å². The number of rotatable bonds is 6. The molecule has 0 fully saturated rings. The lowest BCUT2D eigenvalue weighted by Crippen LogP contribution is -2.12. The van der Waals surface area contributed by atoms with Crippen molar-refractivity contribution in [1.29, 1.82) is 0 Å². The van der Waals surface area contributed by atoms with Gasteiger partial charge in [-0.2, -0.15) is 0 Å². The number of benzene rings is 2. The topological polar surface area (TPSA) is 60.5 Å². The van der Waals surface area contributed by atoms with Crippen molar-refractivity contribution in [2.24, 2.45) is 0 Å². The number of carbonyl (C=O) groups is 1. The number of hydrogen-bond donors (Lipinski definition) is 1. The number of amides is 1. The molecule has 5 nitrogen and oxygen atoms in total. The Bertz CT molecular complexity index is 905. The molecule has 6 heteroatoms. The van der Waals surface area contributed by atoms with E-state index in [1.165, 1.54) is 11.3 Å². The average molecular weight is 356 g/mol. The van der Waals surface area contributed by atoms with Crippen LogP contribution in [0.15, 0.2) is 36.4 Å². The van der Waals surface area contributed by atoms with E-state index < -0.39 is 0 Å². The van der Waals surface area contributed by atoms with Crippen LogP contribution in [0.25, 0.3) is 10.2 Å². The monoisotopic (exact) mass is 356 g/mol. The molecule has 0 radical (unpaired) electrons. The lowest BCUT2D eigenvalue weighted by molar-refractivity contribution is -0.116. The molecule has 25 heavy (non-hydrogen) atoms. The average Bonchev–Trinajstić information content (AvgIpc) is 3.03. The van der Waals surface area contributed by atoms with Gasteiger partial charge < -0.3 is 14.8 Å². The summed E-state index contributed by atoms with van der Waals surface area (Å²) >= 11 is 1.49. The number of nitrogens with zero attached hydrogens (tertiary/aromatic N) is 1. The summed E-state index contributed by atoms with van der Waals surface area (Å²) in [4.78, 5) is 16.7. The molecule has 0 unspecified atom stereocenters. The number of nitrogens with one attached hydrogen (secondary N) is 1. The van der Waals surface area contributed by atoms with Gasteiger partial charge in [-0.1, -0.05) is 29.5 Å². The highest BCUT2D eigenvalue weighted by atomic mass is 32.1. The molecule has 0 saturated carbocycles. The van der Waals surface area contributed by atoms with Crippen molar-refractivity contribution in [1.82, 2.24) is 4.98 Å². The summed E-state index contributed by atoms with van der Waals surface area (Å²) in [6, 6.07) is 11.7. The van der Waals surface area contributed by atoms with Crippen LogP contribution in [0.3, 0.4) is 0 Å². The van der Waals surface area contributed by atoms with E-state index >= 15 is 0 Å². The first-order chi connectivity index (χ1) is 12.1. The van der Waals surface area contributed by atoms with Gasteiger partial charge in [0, 0.05) is 6.42 Å². The number of hydrogen-bond acceptors (Lipinski definition) is 5. The third-order valence-corrected chi connectivity index (χ3v) is 4.89. The number of fused-ring (bicyclic) bond motifs is 1. The number of anilines is 1. The summed E-state index contributed by atoms with van der Waals surface area (Å²) < 4.78 is 11.6. The number of thiazole rings is 1. The van der Waals surface area contributed by atoms with Crippen LogP contribution in [0.5, 0.6) is 11.5 Å². The standard InChI is InChI=1S/C19H20N2O3S/c1-12-5-4-6-16-18(12)21-19(25-16)20-17(22)10-8-13-7-9-14(23-2)15(11-13)24-3/h4-7,9,11H,8,10H2,1-3H3,(H,20,21,22). The fraction of sp³-hybridized carbons (Fsp3) is 0.263. The maximum absolute atomic E-state index is 12.2. The lowest BCUT2D eigenvalue weighted by Gasteiger charge is -2.09. The van der Waals surface area contributed by atoms with Crippen molar-refractivity contribution < 1.29 is 14.3 Å². The van der Waals surface area contributed by atoms with E-state index in [4.69, 9.17) is 9.47 Å². The molecule has 1 amide bonds. The van der Waals surface area contributed by atoms with E-state index in [1.54, 1.807) is 14.2 Å². The van der Waals surface area contributed by atoms with Crippen LogP contribution >= 0.6 is 11.3 Å². The van der Waals surface area contributed by atoms with Crippen molar-refractivity contribution in [2.45, 2.75) is 19.8 Å². The number of methoxy groups -OCH3 is 2. The van der Waals surface area contributed by atoms with Crippen LogP contribution in [-0.4, -0.2) is 25.1 Å². The molecule has 0 aliphatic heterocycles. The van der Waals surface area contributed by atoms with Gasteiger partial charge in [0.15, 0.2) is 16.6 Å². The van der Waals surface area contributed by atoms with Crippen LogP contribution in [0.2, 0.25) is 0 Å². The van der Waals surface area contributed by atoms with Crippen molar-refractivity contribution >= 4 is 32.6 Å². The van der Waals surface area contributed by atoms with Crippen LogP contribution in [0, 0.1) is 6.92 Å². The molecule has 0 aliphatic rings. The second-order valence-corrected chi connectivity index (χ2v) is 6.71. The number of para-hydroxylation sites is 1. The van der Waals surface area contributed by atoms with Crippen molar-refractivity contribution in [2.75, 3.05) is 19.5 Å². The predicted molar refractivity (Wildman–Crippen MR) is 101 cm³/mol. The van der Waals surface area contributed by atoms with Crippen LogP contribution in [0.4, 0.5) is 5.13 Å². The van der Waals surface area contributed by atoms with Gasteiger partial charge in [0.2, 0.25) is 5.91 Å². The summed E-state index contributed by atoms with van der Waals surface area (Å²) in [6.45, 7) is 2.02. The van der Waals surface area contributed by atoms with Gasteiger partial charge >= 0.3 is 0 Å². The second kappa shape index (κ2) is 7.53. The highest BCUT2D eigenvalue weighted by Gasteiger charge is 2.10. The zero-order valence-corrected chi connectivity index (χ0v) is 15.3. The Morgan fingerprint density at radius 2 is 1.96 bits per heavy atom. The minimum absolute atomic E-state index is 0.0495. The third-order valence-electron chi connectivity index (χ3n) is 3.96. The number of aromatic nitrogens is 1. The summed E-state index contributed by atoms with van der Waals surface area (Å²) in [5.41, 5.74) is 3.08. The van der Waals surface area contributed by atoms with E-state index in [2.05, 4.69) is 10.3 Å². The lowest BCUT2D eigenvalue weighted by atomic mass is 10.1. The summed E-state index contributed by atoms with van der Waals surface area (Å²) in [6.07, 6.45) is 1.00. The zero-order valence-electron chi connectivity index (χ0n) is 14.5. The van der Waals surface area contributed by atoms with E-state index in [-0.39, 0.29) is 5.91 Å². The SMILES string of the molecule is COc1ccc(CCC(=O)Nc2nc3c(C)cccc3s2)cc1OC. The fourth-order valence-corrected chi connectivity index (χ4v) is 3.58. The summed E-state index contributed by atoms with van der Waals surface area (Å²) in [5, 5.41) is 3.53. The van der Waals surface area contributed by atoms with Gasteiger partial charge in [0.1, 0.15) is 0 Å². The molecule has 0 saturated heterocycles. The first-order valence-corrected chi connectivity index (χ1v) is 8.79. The molecule has 3 rings (SSSR count). The molecule has 1 heterocycles. The molecular weight excluding hydrogens is 336 g/mol. The summed E-state index contributed by atoms with van der Waals surface area (Å²) in [7, 11) is 3.20. The van der Waals surface area contributed by atoms with Gasteiger partial charge in [-0.3, -0.25) is 4.79 Å². The number of carbonyl (C=O) groups excluding carboxylic acids is 1. The minimum Gasteiger partial charge on any atom is -0.493 e. The van der Waals surface area contributed by atoms with Gasteiger partial charge in [0.25, 0.3) is 0 Å². The van der Waals surface area contributed by atoms with Crippen LogP contribution in [-0.2, 0) is 11.2 Å². The fourth-order valence-electron chi connectivity index (χ4n) is 2.62. The molecule has 3 aromatic rings. The van der Waals surface area contributed by atoms with E-state index in [0.29, 0.717) is 29.5 Å². The third kappa shape index (κ3) is 3.91. The van der Waals surface area contributed by atoms with Gasteiger partial charge in [-0.05, 0) is 42.7 Å². The molecule has 1 aromatic heterocycles. The van der Waals surface area contributed by atoms with Gasteiger partial charge in [-0.25, -0.2) is 4.98 Å². The molecular formula is C19H20N2O3S. The molecule has 0 spiro atoms. The molecule has 2 aromatic carbocycles. The summed E-state index contributed by atoms with van der Waals surface area (Å²) in [5.74, 6) is 1.30. The predicted octanol–water partition coefficient (Wildman–Crippen LogP) is 4.19. The molecule has 130 valence electrons. The molecule has 0 atom stereocenters. The number of ether oxygens (including phenoxy) is 2. The van der Waals surface area contributed by atoms with Crippen molar-refractivity contribution in [3.63, 3.8) is 0 Å². The Labute approximate surface area is 150 Å². The van der Waals surface area contributed by atoms with Crippen molar-refractivity contribution in [3.8, 4) is 11.5 Å². The molecule has 0 bridgehead atoms. The smallest absolute Gasteiger partial charge is 0.226 e. The van der Waals surface area contributed by atoms with Crippen LogP contribution in [0.1, 0.15) is 17.5 Å². The first-order valence-electron chi connectivity index (χ1n) is 7.97. The molecule has 1 N–H and O–H groups in total. The first kappa shape index (κ1) is 17.2. The Hall–Kier alpha value is -2.60. The highest BCUT2D eigenvalue weighted by Crippen LogP contribution is 2.29. The maximum Gasteiger partial charge on any atom is 0.226 e. The van der Waals surface area contributed by atoms with E-state index in [9.17, 15) is 4.79 Å². The Kier molecular flexibility index (Phi) is 5.19. The highest BCUT2D eigenvalue weighted by molar-refractivity contribution is 7.22. The van der Waals surface area contributed by atoms with Gasteiger partial charge in [-0.15, -0.1) is 0 Å². The normalized spacial score (nSPS) is 10.7. The van der Waals surface area contributed by atoms with Crippen LogP contribution < -0.4 is 14.8 Å². The largest absolute Gasteiger partial charge is 0.493 e.